The molecule has 4 fully saturated rings. The van der Waals surface area contributed by atoms with Crippen LogP contribution in [-0.4, -0.2) is 26.3 Å². The van der Waals surface area contributed by atoms with Crippen LogP contribution in [0.5, 0.6) is 0 Å². The topological polar surface area (TPSA) is 55.1 Å². The van der Waals surface area contributed by atoms with Gasteiger partial charge in [-0.2, -0.15) is 5.10 Å². The number of rotatable bonds is 3. The van der Waals surface area contributed by atoms with E-state index in [9.17, 15) is 14.3 Å². The molecule has 1 aromatic heterocycles. The minimum Gasteiger partial charge on any atom is -0.390 e. The third-order valence-corrected chi connectivity index (χ3v) is 11.3. The average Bonchev–Trinajstić information content (AvgIpc) is 3.34. The Hall–Kier alpha value is -1.75. The van der Waals surface area contributed by atoms with Crippen molar-refractivity contribution in [1.82, 2.24) is 9.78 Å². The van der Waals surface area contributed by atoms with E-state index in [4.69, 9.17) is 0 Å². The number of nitrogens with zero attached hydrogens (tertiary/aromatic N) is 2. The Morgan fingerprint density at radius 3 is 2.68 bits per heavy atom. The van der Waals surface area contributed by atoms with E-state index < -0.39 is 5.60 Å². The van der Waals surface area contributed by atoms with Gasteiger partial charge in [0, 0.05) is 11.3 Å². The molecule has 184 valence electrons. The van der Waals surface area contributed by atoms with Gasteiger partial charge in [-0.15, -0.1) is 0 Å². The zero-order valence-electron chi connectivity index (χ0n) is 20.9. The molecule has 4 aliphatic carbocycles. The summed E-state index contributed by atoms with van der Waals surface area (Å²) in [6, 6.07) is 4.66. The number of aliphatic hydroxyl groups is 1. The molecule has 0 saturated heterocycles. The zero-order chi connectivity index (χ0) is 23.9. The lowest BCUT2D eigenvalue weighted by atomic mass is 9.44. The van der Waals surface area contributed by atoms with Gasteiger partial charge in [-0.25, -0.2) is 4.39 Å². The quantitative estimate of drug-likeness (QED) is 0.590. The molecule has 2 aromatic rings. The van der Waals surface area contributed by atoms with Gasteiger partial charge >= 0.3 is 0 Å². The average molecular weight is 467 g/mol. The van der Waals surface area contributed by atoms with Crippen LogP contribution >= 0.6 is 0 Å². The molecule has 8 atom stereocenters. The number of carbonyl (C=O) groups excluding carboxylic acids is 1. The molecule has 5 heteroatoms. The molecule has 0 radical (unpaired) electrons. The molecule has 1 unspecified atom stereocenters. The van der Waals surface area contributed by atoms with Gasteiger partial charge in [0.2, 0.25) is 0 Å². The molecule has 4 aliphatic rings. The van der Waals surface area contributed by atoms with Crippen LogP contribution in [0.25, 0.3) is 10.9 Å². The molecule has 0 aliphatic heterocycles. The Morgan fingerprint density at radius 1 is 1.06 bits per heavy atom. The third-order valence-electron chi connectivity index (χ3n) is 11.3. The van der Waals surface area contributed by atoms with Crippen molar-refractivity contribution in [2.45, 2.75) is 90.7 Å². The van der Waals surface area contributed by atoms with Crippen molar-refractivity contribution < 1.29 is 14.3 Å². The van der Waals surface area contributed by atoms with Crippen LogP contribution in [0.15, 0.2) is 24.4 Å². The van der Waals surface area contributed by atoms with Gasteiger partial charge in [0.25, 0.3) is 0 Å². The van der Waals surface area contributed by atoms with E-state index in [0.717, 1.165) is 55.3 Å². The second kappa shape index (κ2) is 7.62. The molecule has 34 heavy (non-hydrogen) atoms. The fraction of sp³-hybridized carbons (Fsp3) is 0.724. The van der Waals surface area contributed by atoms with Gasteiger partial charge in [0.05, 0.1) is 17.3 Å². The highest BCUT2D eigenvalue weighted by Crippen LogP contribution is 2.68. The highest BCUT2D eigenvalue weighted by molar-refractivity contribution is 5.85. The van der Waals surface area contributed by atoms with E-state index in [-0.39, 0.29) is 23.7 Å². The van der Waals surface area contributed by atoms with Gasteiger partial charge in [0.1, 0.15) is 12.4 Å². The fourth-order valence-electron chi connectivity index (χ4n) is 9.40. The van der Waals surface area contributed by atoms with Crippen LogP contribution in [0, 0.1) is 46.2 Å². The molecular formula is C29H39FN2O2. The number of fused-ring (bicyclic) bond motifs is 6. The molecular weight excluding hydrogens is 427 g/mol. The normalized spacial score (nSPS) is 43.9. The number of hydrogen-bond acceptors (Lipinski definition) is 3. The number of ketones is 1. The second-order valence-electron chi connectivity index (χ2n) is 13.0. The van der Waals surface area contributed by atoms with Gasteiger partial charge in [-0.05, 0) is 117 Å². The number of hydrogen-bond donors (Lipinski definition) is 1. The minimum absolute atomic E-state index is 0.0800. The van der Waals surface area contributed by atoms with Crippen molar-refractivity contribution in [2.75, 3.05) is 0 Å². The van der Waals surface area contributed by atoms with Crippen molar-refractivity contribution in [3.8, 4) is 0 Å². The molecule has 0 amide bonds. The van der Waals surface area contributed by atoms with Crippen LogP contribution < -0.4 is 0 Å². The summed E-state index contributed by atoms with van der Waals surface area (Å²) >= 11 is 0. The Kier molecular flexibility index (Phi) is 5.09. The van der Waals surface area contributed by atoms with Gasteiger partial charge in [-0.1, -0.05) is 13.8 Å². The third kappa shape index (κ3) is 3.32. The summed E-state index contributed by atoms with van der Waals surface area (Å²) < 4.78 is 15.3. The zero-order valence-corrected chi connectivity index (χ0v) is 20.9. The van der Waals surface area contributed by atoms with Crippen LogP contribution in [0.3, 0.4) is 0 Å². The van der Waals surface area contributed by atoms with Crippen molar-refractivity contribution in [3.63, 3.8) is 0 Å². The number of Topliss-reactive ketones (excluding diaryl/α,β-unsaturated/α-hetero) is 1. The van der Waals surface area contributed by atoms with Gasteiger partial charge < -0.3 is 5.11 Å². The maximum Gasteiger partial charge on any atom is 0.157 e. The summed E-state index contributed by atoms with van der Waals surface area (Å²) in [4.78, 5) is 13.6. The van der Waals surface area contributed by atoms with E-state index in [0.29, 0.717) is 29.0 Å². The molecule has 4 nitrogen and oxygen atoms in total. The van der Waals surface area contributed by atoms with Crippen molar-refractivity contribution >= 4 is 16.7 Å². The maximum atomic E-state index is 13.6. The first-order chi connectivity index (χ1) is 16.1. The Bertz CT molecular complexity index is 1120. The summed E-state index contributed by atoms with van der Waals surface area (Å²) in [7, 11) is 0. The Labute approximate surface area is 202 Å². The first-order valence-corrected chi connectivity index (χ1v) is 13.5. The summed E-state index contributed by atoms with van der Waals surface area (Å²) in [6.45, 7) is 7.24. The Balaban J connectivity index is 1.21. The summed E-state index contributed by atoms with van der Waals surface area (Å²) in [5.41, 5.74) is 0.764. The van der Waals surface area contributed by atoms with E-state index >= 15 is 0 Å². The monoisotopic (exact) mass is 466 g/mol. The predicted molar refractivity (Wildman–Crippen MR) is 131 cm³/mol. The molecule has 0 spiro atoms. The molecule has 1 N–H and O–H groups in total. The summed E-state index contributed by atoms with van der Waals surface area (Å²) in [5, 5.41) is 15.9. The molecule has 1 heterocycles. The van der Waals surface area contributed by atoms with Gasteiger partial charge in [-0.3, -0.25) is 9.48 Å². The van der Waals surface area contributed by atoms with Crippen molar-refractivity contribution in [2.24, 2.45) is 40.4 Å². The highest BCUT2D eigenvalue weighted by atomic mass is 19.1. The van der Waals surface area contributed by atoms with E-state index in [1.165, 1.54) is 31.4 Å². The number of carbonyl (C=O) groups is 1. The second-order valence-corrected chi connectivity index (χ2v) is 13.0. The number of halogens is 1. The largest absolute Gasteiger partial charge is 0.390 e. The smallest absolute Gasteiger partial charge is 0.157 e. The lowest BCUT2D eigenvalue weighted by molar-refractivity contribution is -0.151. The SMILES string of the molecule is CC12CC[C@H]3[C@@H](CC[C@@H]4C[C@](C)(O)CC[C@@]43C)[C@@H]1CC[C@@H]2C(=O)Cn1ncc2cc(F)ccc21. The molecule has 1 aromatic carbocycles. The summed E-state index contributed by atoms with van der Waals surface area (Å²) in [6.07, 6.45) is 11.7. The molecule has 6 rings (SSSR count). The molecule has 0 bridgehead atoms. The summed E-state index contributed by atoms with van der Waals surface area (Å²) in [5.74, 6) is 2.84. The standard InChI is InChI=1S/C29H39FN2O2/c1-27(34)12-13-28(2)19(15-27)4-6-21-22-7-8-24(29(22,3)11-10-23(21)28)26(33)17-32-25-9-5-20(30)14-18(25)16-31-32/h5,9,14,16,19,21-24,34H,4,6-8,10-13,15,17H2,1-3H3/t19-,21+,22+,23+,24-,27-,28+,29?/m1/s1. The van der Waals surface area contributed by atoms with Crippen molar-refractivity contribution in [3.05, 3.63) is 30.2 Å². The van der Waals surface area contributed by atoms with Crippen LogP contribution in [0.4, 0.5) is 4.39 Å². The minimum atomic E-state index is -0.493. The van der Waals surface area contributed by atoms with Crippen LogP contribution in [-0.2, 0) is 11.3 Å². The first kappa shape index (κ1) is 22.7. The van der Waals surface area contributed by atoms with E-state index in [1.807, 2.05) is 6.92 Å². The maximum absolute atomic E-state index is 13.6. The van der Waals surface area contributed by atoms with E-state index in [2.05, 4.69) is 18.9 Å². The Morgan fingerprint density at radius 2 is 1.85 bits per heavy atom. The van der Waals surface area contributed by atoms with Gasteiger partial charge in [0.15, 0.2) is 5.78 Å². The lowest BCUT2D eigenvalue weighted by Crippen LogP contribution is -2.55. The van der Waals surface area contributed by atoms with Crippen molar-refractivity contribution in [1.29, 1.82) is 0 Å². The lowest BCUT2D eigenvalue weighted by Gasteiger charge is -2.61. The first-order valence-electron chi connectivity index (χ1n) is 13.5. The van der Waals surface area contributed by atoms with E-state index in [1.54, 1.807) is 16.9 Å². The highest BCUT2D eigenvalue weighted by Gasteiger charge is 2.61. The number of aromatic nitrogens is 2. The number of benzene rings is 1. The van der Waals surface area contributed by atoms with Crippen LogP contribution in [0.2, 0.25) is 0 Å². The predicted octanol–water partition coefficient (Wildman–Crippen LogP) is 6.15. The fourth-order valence-corrected chi connectivity index (χ4v) is 9.40. The molecule has 4 saturated carbocycles. The van der Waals surface area contributed by atoms with Crippen LogP contribution in [0.1, 0.15) is 78.6 Å².